The Hall–Kier alpha value is -1.26. The Kier molecular flexibility index (Phi) is 4.78. The molecule has 5 heteroatoms. The van der Waals surface area contributed by atoms with Crippen LogP contribution < -0.4 is 5.32 Å². The second-order valence-corrected chi connectivity index (χ2v) is 4.10. The van der Waals surface area contributed by atoms with Crippen LogP contribution in [-0.2, 0) is 10.5 Å². The highest BCUT2D eigenvalue weighted by molar-refractivity contribution is 6.31. The zero-order chi connectivity index (χ0) is 12.9. The fourth-order valence-corrected chi connectivity index (χ4v) is 2.13. The molecule has 1 atom stereocenters. The summed E-state index contributed by atoms with van der Waals surface area (Å²) >= 11 is 6.09. The predicted octanol–water partition coefficient (Wildman–Crippen LogP) is 3.21. The van der Waals surface area contributed by atoms with Crippen molar-refractivity contribution in [2.45, 2.75) is 25.5 Å². The second-order valence-electron chi connectivity index (χ2n) is 3.69. The lowest BCUT2D eigenvalue weighted by Gasteiger charge is -2.33. The molecule has 0 heterocycles. The van der Waals surface area contributed by atoms with Crippen LogP contribution in [0.4, 0.5) is 4.79 Å². The van der Waals surface area contributed by atoms with E-state index >= 15 is 0 Å². The number of hydrogen-bond donors (Lipinski definition) is 2. The van der Waals surface area contributed by atoms with Gasteiger partial charge in [-0.05, 0) is 12.5 Å². The van der Waals surface area contributed by atoms with Gasteiger partial charge in [0.2, 0.25) is 0 Å². The van der Waals surface area contributed by atoms with Crippen LogP contribution in [0, 0.1) is 0 Å². The van der Waals surface area contributed by atoms with Crippen molar-refractivity contribution in [1.82, 2.24) is 5.32 Å². The van der Waals surface area contributed by atoms with Crippen molar-refractivity contribution >= 4 is 17.7 Å². The van der Waals surface area contributed by atoms with Crippen LogP contribution >= 0.6 is 11.6 Å². The molecule has 0 fully saturated rings. The molecule has 0 aliphatic rings. The number of rotatable bonds is 5. The summed E-state index contributed by atoms with van der Waals surface area (Å²) in [6, 6.07) is 7.06. The van der Waals surface area contributed by atoms with Crippen LogP contribution in [0.15, 0.2) is 24.3 Å². The van der Waals surface area contributed by atoms with Crippen LogP contribution in [0.2, 0.25) is 5.02 Å². The average Bonchev–Trinajstić information content (AvgIpc) is 2.28. The first-order valence-corrected chi connectivity index (χ1v) is 5.75. The summed E-state index contributed by atoms with van der Waals surface area (Å²) in [5, 5.41) is 11.8. The van der Waals surface area contributed by atoms with Crippen LogP contribution in [0.1, 0.15) is 25.3 Å². The molecular formula is C12H16ClNO3. The Morgan fingerprint density at radius 2 is 2.18 bits per heavy atom. The predicted molar refractivity (Wildman–Crippen MR) is 66.2 cm³/mol. The summed E-state index contributed by atoms with van der Waals surface area (Å²) in [6.07, 6.45) is 0.138. The molecule has 0 aliphatic heterocycles. The van der Waals surface area contributed by atoms with Gasteiger partial charge >= 0.3 is 6.09 Å². The normalized spacial score (nSPS) is 14.1. The van der Waals surface area contributed by atoms with Crippen molar-refractivity contribution in [1.29, 1.82) is 0 Å². The minimum absolute atomic E-state index is 0.483. The van der Waals surface area contributed by atoms with E-state index in [9.17, 15) is 4.79 Å². The number of carboxylic acid groups (broad SMARTS) is 1. The molecule has 2 N–H and O–H groups in total. The Morgan fingerprint density at radius 3 is 2.65 bits per heavy atom. The Labute approximate surface area is 106 Å². The summed E-state index contributed by atoms with van der Waals surface area (Å²) in [5.74, 6) is 0. The number of hydrogen-bond acceptors (Lipinski definition) is 2. The number of carbonyl (C=O) groups is 1. The molecule has 0 saturated heterocycles. The van der Waals surface area contributed by atoms with E-state index in [2.05, 4.69) is 5.32 Å². The fourth-order valence-electron chi connectivity index (χ4n) is 1.84. The lowest BCUT2D eigenvalue weighted by Crippen LogP contribution is -2.47. The molecule has 4 nitrogen and oxygen atoms in total. The van der Waals surface area contributed by atoms with E-state index in [1.165, 1.54) is 7.11 Å². The fraction of sp³-hybridized carbons (Fsp3) is 0.417. The molecule has 0 spiro atoms. The number of ether oxygens (including phenoxy) is 1. The highest BCUT2D eigenvalue weighted by Crippen LogP contribution is 2.32. The Bertz CT molecular complexity index is 397. The lowest BCUT2D eigenvalue weighted by atomic mass is 9.97. The SMILES string of the molecule is CCCC(NC(=O)O)(OC)c1ccccc1Cl. The van der Waals surface area contributed by atoms with E-state index in [1.54, 1.807) is 24.3 Å². The maximum absolute atomic E-state index is 10.9. The monoisotopic (exact) mass is 257 g/mol. The van der Waals surface area contributed by atoms with Gasteiger partial charge in [0.15, 0.2) is 5.72 Å². The van der Waals surface area contributed by atoms with E-state index in [0.717, 1.165) is 6.42 Å². The molecule has 0 radical (unpaired) electrons. The van der Waals surface area contributed by atoms with Crippen LogP contribution in [0.25, 0.3) is 0 Å². The maximum Gasteiger partial charge on any atom is 0.407 e. The summed E-state index contributed by atoms with van der Waals surface area (Å²) in [7, 11) is 1.47. The van der Waals surface area contributed by atoms with Gasteiger partial charge in [-0.3, -0.25) is 5.32 Å². The van der Waals surface area contributed by atoms with Crippen LogP contribution in [0.3, 0.4) is 0 Å². The van der Waals surface area contributed by atoms with Gasteiger partial charge in [0, 0.05) is 17.7 Å². The van der Waals surface area contributed by atoms with Crippen LogP contribution in [-0.4, -0.2) is 18.3 Å². The summed E-state index contributed by atoms with van der Waals surface area (Å²) in [6.45, 7) is 1.95. The van der Waals surface area contributed by atoms with Gasteiger partial charge in [-0.25, -0.2) is 4.79 Å². The summed E-state index contributed by atoms with van der Waals surface area (Å²) in [4.78, 5) is 10.9. The molecule has 1 amide bonds. The maximum atomic E-state index is 10.9. The molecule has 0 aliphatic carbocycles. The van der Waals surface area contributed by atoms with Crippen molar-refractivity contribution in [3.8, 4) is 0 Å². The second kappa shape index (κ2) is 5.89. The van der Waals surface area contributed by atoms with Crippen molar-refractivity contribution in [2.75, 3.05) is 7.11 Å². The number of halogens is 1. The van der Waals surface area contributed by atoms with Crippen molar-refractivity contribution < 1.29 is 14.6 Å². The minimum Gasteiger partial charge on any atom is -0.465 e. The smallest absolute Gasteiger partial charge is 0.407 e. The van der Waals surface area contributed by atoms with E-state index < -0.39 is 11.8 Å². The highest BCUT2D eigenvalue weighted by atomic mass is 35.5. The topological polar surface area (TPSA) is 58.6 Å². The van der Waals surface area contributed by atoms with Gasteiger partial charge in [0.25, 0.3) is 0 Å². The first-order chi connectivity index (χ1) is 8.05. The van der Waals surface area contributed by atoms with Gasteiger partial charge < -0.3 is 9.84 Å². The zero-order valence-corrected chi connectivity index (χ0v) is 10.6. The molecule has 1 aromatic carbocycles. The van der Waals surface area contributed by atoms with Gasteiger partial charge in [-0.1, -0.05) is 43.1 Å². The van der Waals surface area contributed by atoms with Crippen molar-refractivity contribution in [3.63, 3.8) is 0 Å². The van der Waals surface area contributed by atoms with Crippen LogP contribution in [0.5, 0.6) is 0 Å². The van der Waals surface area contributed by atoms with Gasteiger partial charge in [0.05, 0.1) is 0 Å². The molecule has 1 aromatic rings. The molecule has 94 valence electrons. The number of nitrogens with one attached hydrogen (secondary N) is 1. The molecule has 1 rings (SSSR count). The lowest BCUT2D eigenvalue weighted by molar-refractivity contribution is -0.0467. The van der Waals surface area contributed by atoms with Gasteiger partial charge in [-0.2, -0.15) is 0 Å². The van der Waals surface area contributed by atoms with E-state index in [4.69, 9.17) is 21.4 Å². The number of methoxy groups -OCH3 is 1. The molecule has 1 unspecified atom stereocenters. The Balaban J connectivity index is 3.21. The highest BCUT2D eigenvalue weighted by Gasteiger charge is 2.34. The number of amides is 1. The summed E-state index contributed by atoms with van der Waals surface area (Å²) in [5.41, 5.74) is -0.452. The van der Waals surface area contributed by atoms with E-state index in [0.29, 0.717) is 17.0 Å². The first kappa shape index (κ1) is 13.8. The Morgan fingerprint density at radius 1 is 1.53 bits per heavy atom. The average molecular weight is 258 g/mol. The van der Waals surface area contributed by atoms with Crippen molar-refractivity contribution in [3.05, 3.63) is 34.9 Å². The first-order valence-electron chi connectivity index (χ1n) is 5.37. The molecular weight excluding hydrogens is 242 g/mol. The quantitative estimate of drug-likeness (QED) is 0.797. The van der Waals surface area contributed by atoms with E-state index in [-0.39, 0.29) is 0 Å². The third-order valence-electron chi connectivity index (χ3n) is 2.57. The molecule has 0 bridgehead atoms. The molecule has 17 heavy (non-hydrogen) atoms. The van der Waals surface area contributed by atoms with Crippen molar-refractivity contribution in [2.24, 2.45) is 0 Å². The van der Waals surface area contributed by atoms with Gasteiger partial charge in [-0.15, -0.1) is 0 Å². The third-order valence-corrected chi connectivity index (χ3v) is 2.90. The minimum atomic E-state index is -1.14. The number of benzene rings is 1. The standard InChI is InChI=1S/C12H16ClNO3/c1-3-8-12(17-2,14-11(15)16)9-6-4-5-7-10(9)13/h4-7,14H,3,8H2,1-2H3,(H,15,16). The third kappa shape index (κ3) is 3.11. The largest absolute Gasteiger partial charge is 0.465 e. The molecule has 0 aromatic heterocycles. The summed E-state index contributed by atoms with van der Waals surface area (Å²) < 4.78 is 5.38. The zero-order valence-electron chi connectivity index (χ0n) is 9.87. The van der Waals surface area contributed by atoms with Gasteiger partial charge in [0.1, 0.15) is 0 Å². The van der Waals surface area contributed by atoms with E-state index in [1.807, 2.05) is 6.92 Å². The molecule has 0 saturated carbocycles.